The Kier molecular flexibility index (Phi) is 23.3. The maximum atomic E-state index is 13.5. The van der Waals surface area contributed by atoms with Crippen LogP contribution in [0.4, 0.5) is 0 Å². The van der Waals surface area contributed by atoms with E-state index in [2.05, 4.69) is 38.2 Å². The fourth-order valence-electron chi connectivity index (χ4n) is 8.27. The van der Waals surface area contributed by atoms with Crippen LogP contribution in [0.25, 0.3) is 0 Å². The first kappa shape index (κ1) is 50.0. The molecule has 2 atom stereocenters. The quantitative estimate of drug-likeness (QED) is 0.0371. The number of unbranched alkanes of at least 4 members (excludes halogenated alkanes) is 4. The molecule has 2 aliphatic rings. The predicted octanol–water partition coefficient (Wildman–Crippen LogP) is 12.0. The van der Waals surface area contributed by atoms with Gasteiger partial charge in [-0.05, 0) is 136 Å². The van der Waals surface area contributed by atoms with E-state index in [1.807, 2.05) is 0 Å². The van der Waals surface area contributed by atoms with E-state index in [4.69, 9.17) is 28.4 Å². The third kappa shape index (κ3) is 18.0. The minimum absolute atomic E-state index is 0.00471. The van der Waals surface area contributed by atoms with E-state index in [-0.39, 0.29) is 24.3 Å². The standard InChI is InChI=1S/C52H74O10/c1-5-9-11-15-39-19-23-41(24-20-39)17-13-37-57-45-31-27-43(28-32-45)49(53)61-47(51(55)59-35-7-3)48(52(56)60-36-8-4)62-50(54)44-29-33-46(34-30-44)58-38-14-18-42-25-21-40(22-26-42)16-12-10-6-2/h13-14,17-18,27-34,39-42,47-48H,5-12,15-16,19-26,35-38H2,1-4H3/b17-13+,18-14+/t39-,40-,41-,42-,47-,48-/m1/s1. The van der Waals surface area contributed by atoms with Crippen molar-refractivity contribution >= 4 is 23.9 Å². The van der Waals surface area contributed by atoms with Gasteiger partial charge in [0.1, 0.15) is 24.7 Å². The van der Waals surface area contributed by atoms with Gasteiger partial charge in [0.25, 0.3) is 0 Å². The van der Waals surface area contributed by atoms with Crippen molar-refractivity contribution in [2.45, 2.75) is 155 Å². The van der Waals surface area contributed by atoms with Crippen LogP contribution in [0.5, 0.6) is 11.5 Å². The molecule has 0 aliphatic heterocycles. The summed E-state index contributed by atoms with van der Waals surface area (Å²) < 4.78 is 33.7. The minimum atomic E-state index is -1.93. The summed E-state index contributed by atoms with van der Waals surface area (Å²) in [5, 5.41) is 0. The molecule has 2 aromatic carbocycles. The Balaban J connectivity index is 1.32. The SMILES string of the molecule is CCCCC[C@H]1CC[C@H](/C=C/COc2ccc(C(=O)O[C@@H](C(=O)OCCC)[C@@H](OC(=O)c3ccc(OC/C=C/[C@H]4CC[C@H](CCCCC)CC4)cc3)C(=O)OCCC)cc2)CC1. The third-order valence-corrected chi connectivity index (χ3v) is 12.0. The molecule has 2 aromatic rings. The maximum absolute atomic E-state index is 13.5. The molecule has 2 fully saturated rings. The Labute approximate surface area is 371 Å². The second-order valence-corrected chi connectivity index (χ2v) is 17.1. The van der Waals surface area contributed by atoms with Gasteiger partial charge in [-0.25, -0.2) is 19.2 Å². The molecule has 342 valence electrons. The van der Waals surface area contributed by atoms with Gasteiger partial charge in [-0.3, -0.25) is 0 Å². The fourth-order valence-corrected chi connectivity index (χ4v) is 8.27. The largest absolute Gasteiger partial charge is 0.490 e. The lowest BCUT2D eigenvalue weighted by molar-refractivity contribution is -0.174. The molecule has 62 heavy (non-hydrogen) atoms. The first-order chi connectivity index (χ1) is 30.2. The highest BCUT2D eigenvalue weighted by Crippen LogP contribution is 2.34. The van der Waals surface area contributed by atoms with Crippen molar-refractivity contribution in [3.63, 3.8) is 0 Å². The van der Waals surface area contributed by atoms with Crippen LogP contribution in [0.3, 0.4) is 0 Å². The second-order valence-electron chi connectivity index (χ2n) is 17.1. The molecule has 10 heteroatoms. The highest BCUT2D eigenvalue weighted by Gasteiger charge is 2.43. The highest BCUT2D eigenvalue weighted by molar-refractivity contribution is 5.96. The number of esters is 4. The monoisotopic (exact) mass is 859 g/mol. The van der Waals surface area contributed by atoms with E-state index in [0.717, 1.165) is 11.8 Å². The average Bonchev–Trinajstić information content (AvgIpc) is 3.30. The van der Waals surface area contributed by atoms with Crippen molar-refractivity contribution in [2.75, 3.05) is 26.4 Å². The van der Waals surface area contributed by atoms with Crippen LogP contribution in [0.15, 0.2) is 72.8 Å². The van der Waals surface area contributed by atoms with E-state index in [9.17, 15) is 19.2 Å². The van der Waals surface area contributed by atoms with Gasteiger partial charge in [-0.1, -0.05) is 103 Å². The fraction of sp³-hybridized carbons (Fsp3) is 0.615. The number of carbonyl (C=O) groups excluding carboxylic acids is 4. The molecular formula is C52H74O10. The van der Waals surface area contributed by atoms with Gasteiger partial charge in [0.15, 0.2) is 0 Å². The zero-order chi connectivity index (χ0) is 44.4. The zero-order valence-corrected chi connectivity index (χ0v) is 38.0. The number of rotatable bonds is 27. The van der Waals surface area contributed by atoms with Gasteiger partial charge in [0, 0.05) is 0 Å². The summed E-state index contributed by atoms with van der Waals surface area (Å²) >= 11 is 0. The Morgan fingerprint density at radius 2 is 0.887 bits per heavy atom. The summed E-state index contributed by atoms with van der Waals surface area (Å²) in [5.41, 5.74) is 0.194. The average molecular weight is 859 g/mol. The van der Waals surface area contributed by atoms with Crippen LogP contribution < -0.4 is 9.47 Å². The Bertz CT molecular complexity index is 1530. The Hall–Kier alpha value is -4.60. The van der Waals surface area contributed by atoms with Crippen molar-refractivity contribution in [1.29, 1.82) is 0 Å². The number of allylic oxidation sites excluding steroid dienone is 2. The lowest BCUT2D eigenvalue weighted by Gasteiger charge is -2.26. The summed E-state index contributed by atoms with van der Waals surface area (Å²) in [6.45, 7) is 8.87. The molecule has 0 bridgehead atoms. The number of ether oxygens (including phenoxy) is 6. The molecule has 0 heterocycles. The van der Waals surface area contributed by atoms with Crippen LogP contribution in [-0.2, 0) is 28.5 Å². The number of hydrogen-bond acceptors (Lipinski definition) is 10. The lowest BCUT2D eigenvalue weighted by atomic mass is 9.79. The normalized spacial score (nSPS) is 20.0. The molecule has 2 saturated carbocycles. The summed E-state index contributed by atoms with van der Waals surface area (Å²) in [7, 11) is 0. The number of hydrogen-bond donors (Lipinski definition) is 0. The summed E-state index contributed by atoms with van der Waals surface area (Å²) in [6, 6.07) is 12.6. The summed E-state index contributed by atoms with van der Waals surface area (Å²) in [5.74, 6) is 0.0636. The second kappa shape index (κ2) is 28.9. The molecule has 0 unspecified atom stereocenters. The van der Waals surface area contributed by atoms with E-state index in [1.165, 1.54) is 127 Å². The topological polar surface area (TPSA) is 124 Å². The third-order valence-electron chi connectivity index (χ3n) is 12.0. The van der Waals surface area contributed by atoms with Crippen molar-refractivity contribution in [1.82, 2.24) is 0 Å². The zero-order valence-electron chi connectivity index (χ0n) is 38.0. The van der Waals surface area contributed by atoms with Crippen molar-refractivity contribution in [3.05, 3.63) is 84.0 Å². The number of carbonyl (C=O) groups is 4. The van der Waals surface area contributed by atoms with Crippen LogP contribution in [-0.4, -0.2) is 62.5 Å². The van der Waals surface area contributed by atoms with Crippen LogP contribution in [0.1, 0.15) is 164 Å². The molecule has 0 saturated heterocycles. The molecule has 0 aromatic heterocycles. The van der Waals surface area contributed by atoms with Crippen LogP contribution in [0, 0.1) is 23.7 Å². The molecule has 0 radical (unpaired) electrons. The van der Waals surface area contributed by atoms with Crippen molar-refractivity contribution < 1.29 is 47.6 Å². The van der Waals surface area contributed by atoms with Gasteiger partial charge in [-0.15, -0.1) is 0 Å². The first-order valence-electron chi connectivity index (χ1n) is 23.8. The van der Waals surface area contributed by atoms with Gasteiger partial charge in [0.05, 0.1) is 24.3 Å². The Morgan fingerprint density at radius 1 is 0.516 bits per heavy atom. The maximum Gasteiger partial charge on any atom is 0.352 e. The van der Waals surface area contributed by atoms with Gasteiger partial charge in [-0.2, -0.15) is 0 Å². The van der Waals surface area contributed by atoms with Crippen LogP contribution >= 0.6 is 0 Å². The van der Waals surface area contributed by atoms with Gasteiger partial charge >= 0.3 is 23.9 Å². The minimum Gasteiger partial charge on any atom is -0.490 e. The molecule has 0 spiro atoms. The molecule has 0 N–H and O–H groups in total. The predicted molar refractivity (Wildman–Crippen MR) is 242 cm³/mol. The van der Waals surface area contributed by atoms with Crippen LogP contribution in [0.2, 0.25) is 0 Å². The molecular weight excluding hydrogens is 785 g/mol. The first-order valence-corrected chi connectivity index (χ1v) is 23.8. The Morgan fingerprint density at radius 3 is 1.23 bits per heavy atom. The smallest absolute Gasteiger partial charge is 0.352 e. The van der Waals surface area contributed by atoms with Crippen molar-refractivity contribution in [2.24, 2.45) is 23.7 Å². The van der Waals surface area contributed by atoms with E-state index >= 15 is 0 Å². The number of benzene rings is 2. The van der Waals surface area contributed by atoms with E-state index < -0.39 is 36.1 Å². The van der Waals surface area contributed by atoms with Crippen molar-refractivity contribution in [3.8, 4) is 11.5 Å². The van der Waals surface area contributed by atoms with Gasteiger partial charge < -0.3 is 28.4 Å². The molecule has 4 rings (SSSR count). The highest BCUT2D eigenvalue weighted by atomic mass is 16.6. The molecule has 0 amide bonds. The van der Waals surface area contributed by atoms with E-state index in [1.54, 1.807) is 38.1 Å². The summed E-state index contributed by atoms with van der Waals surface area (Å²) in [4.78, 5) is 53.7. The summed E-state index contributed by atoms with van der Waals surface area (Å²) in [6.07, 6.45) is 26.3. The molecule has 10 nitrogen and oxygen atoms in total. The van der Waals surface area contributed by atoms with Gasteiger partial charge in [0.2, 0.25) is 12.2 Å². The van der Waals surface area contributed by atoms with E-state index in [0.29, 0.717) is 49.4 Å². The lowest BCUT2D eigenvalue weighted by Crippen LogP contribution is -2.47. The molecule has 2 aliphatic carbocycles.